The summed E-state index contributed by atoms with van der Waals surface area (Å²) in [5.41, 5.74) is 0. The first-order valence-corrected chi connectivity index (χ1v) is 0.901. The molecular weight excluding hydrogens is 169 g/mol. The smallest absolute Gasteiger partial charge is 0 e. The Labute approximate surface area is 57.0 Å². The normalized spacial score (nSPS) is 3.33. The predicted octanol–water partition coefficient (Wildman–Crippen LogP) is 0.277. The molecule has 0 heterocycles. The molecule has 0 rings (SSSR count). The van der Waals surface area contributed by atoms with E-state index in [2.05, 4.69) is 6.58 Å². The van der Waals surface area contributed by atoms with Crippen molar-refractivity contribution in [3.8, 4) is 0 Å². The maximum Gasteiger partial charge on any atom is 0 e. The molecule has 0 spiro atoms. The molecule has 3 heteroatoms. The minimum atomic E-state index is 0. The average Bonchev–Trinajstić information content (AvgIpc) is 1.37. The molecule has 0 aliphatic carbocycles. The van der Waals surface area contributed by atoms with Crippen LogP contribution in [0.5, 0.6) is 0 Å². The summed E-state index contributed by atoms with van der Waals surface area (Å²) in [5.74, 6) is 0. The van der Waals surface area contributed by atoms with Crippen LogP contribution in [0.25, 0.3) is 0 Å². The van der Waals surface area contributed by atoms with Gasteiger partial charge in [0.25, 0.3) is 0 Å². The summed E-state index contributed by atoms with van der Waals surface area (Å²) < 4.78 is 0. The zero-order valence-corrected chi connectivity index (χ0v) is 4.80. The van der Waals surface area contributed by atoms with Crippen molar-refractivity contribution in [1.29, 1.82) is 0 Å². The summed E-state index contributed by atoms with van der Waals surface area (Å²) in [4.78, 5) is 8.93. The Kier molecular flexibility index (Phi) is 48.9. The van der Waals surface area contributed by atoms with Crippen LogP contribution in [0.2, 0.25) is 0 Å². The van der Waals surface area contributed by atoms with Gasteiger partial charge in [0.05, 0.1) is 0 Å². The van der Waals surface area contributed by atoms with Crippen LogP contribution >= 0.6 is 0 Å². The molecule has 0 fully saturated rings. The van der Waals surface area contributed by atoms with Gasteiger partial charge < -0.3 is 4.79 Å². The average molecular weight is 172 g/mol. The summed E-state index contributed by atoms with van der Waals surface area (Å²) in [7, 11) is 0. The molecule has 1 nitrogen and oxygen atoms in total. The topological polar surface area (TPSA) is 17.1 Å². The van der Waals surface area contributed by atoms with E-state index in [1.807, 2.05) is 0 Å². The number of carbonyl (C=O) groups excluding carboxylic acids is 1. The largest absolute Gasteiger partial charge is 0.419 e. The zero-order chi connectivity index (χ0) is 3.41. The summed E-state index contributed by atoms with van der Waals surface area (Å²) >= 11 is 0. The molecule has 6 heavy (non-hydrogen) atoms. The van der Waals surface area contributed by atoms with Crippen molar-refractivity contribution in [2.45, 2.75) is 0 Å². The van der Waals surface area contributed by atoms with Crippen LogP contribution in [0.15, 0.2) is 12.7 Å². The molecule has 0 radical (unpaired) electrons. The van der Waals surface area contributed by atoms with Crippen LogP contribution < -0.4 is 0 Å². The van der Waals surface area contributed by atoms with E-state index in [0.29, 0.717) is 0 Å². The van der Waals surface area contributed by atoms with Gasteiger partial charge in [0, 0.05) is 33.0 Å². The Morgan fingerprint density at radius 2 is 1.67 bits per heavy atom. The number of rotatable bonds is 1. The molecule has 0 atom stereocenters. The Morgan fingerprint density at radius 1 is 1.50 bits per heavy atom. The van der Waals surface area contributed by atoms with Gasteiger partial charge in [0.15, 0.2) is 0 Å². The summed E-state index contributed by atoms with van der Waals surface area (Å²) in [6.45, 7) is 3.06. The van der Waals surface area contributed by atoms with Gasteiger partial charge in [-0.05, 0) is 6.29 Å². The molecule has 0 aromatic carbocycles. The van der Waals surface area contributed by atoms with Gasteiger partial charge in [-0.15, -0.1) is 0 Å². The quantitative estimate of drug-likeness (QED) is 0.315. The second-order valence-corrected chi connectivity index (χ2v) is 0.322. The third kappa shape index (κ3) is 26.0. The summed E-state index contributed by atoms with van der Waals surface area (Å²) in [6.07, 6.45) is 2.51. The molecule has 0 aliphatic heterocycles. The van der Waals surface area contributed by atoms with E-state index in [4.69, 9.17) is 4.79 Å². The van der Waals surface area contributed by atoms with Crippen LogP contribution in [-0.4, -0.2) is 6.29 Å². The van der Waals surface area contributed by atoms with E-state index in [9.17, 15) is 0 Å². The Hall–Kier alpha value is 0.397. The van der Waals surface area contributed by atoms with Gasteiger partial charge in [0.1, 0.15) is 0 Å². The van der Waals surface area contributed by atoms with Crippen molar-refractivity contribution < 1.29 is 37.8 Å². The van der Waals surface area contributed by atoms with Crippen molar-refractivity contribution in [3.63, 3.8) is 0 Å². The summed E-state index contributed by atoms with van der Waals surface area (Å²) in [6, 6.07) is 0. The molecule has 0 unspecified atom stereocenters. The van der Waals surface area contributed by atoms with E-state index in [1.54, 1.807) is 0 Å². The van der Waals surface area contributed by atoms with E-state index in [0.717, 1.165) is 6.08 Å². The first-order valence-electron chi connectivity index (χ1n) is 0.901. The van der Waals surface area contributed by atoms with Gasteiger partial charge in [0.2, 0.25) is 0 Å². The molecule has 0 aromatic rings. The molecule has 0 aromatic heterocycles. The van der Waals surface area contributed by atoms with Crippen molar-refractivity contribution in [2.75, 3.05) is 0 Å². The Balaban J connectivity index is -0.0000000450. The third-order valence-electron chi connectivity index (χ3n) is 0.0833. The number of hydrogen-bond acceptors (Lipinski definition) is 1. The summed E-state index contributed by atoms with van der Waals surface area (Å²) in [5, 5.41) is 0. The van der Waals surface area contributed by atoms with Gasteiger partial charge in [-0.2, -0.15) is 0 Å². The van der Waals surface area contributed by atoms with E-state index in [-0.39, 0.29) is 33.0 Å². The number of allylic oxidation sites excluding steroid dienone is 1. The second-order valence-electron chi connectivity index (χ2n) is 0.322. The van der Waals surface area contributed by atoms with Crippen LogP contribution in [0.1, 0.15) is 0 Å². The Bertz CT molecular complexity index is 29.8. The molecule has 42 valence electrons. The van der Waals surface area contributed by atoms with Crippen LogP contribution in [0.4, 0.5) is 0 Å². The van der Waals surface area contributed by atoms with E-state index < -0.39 is 0 Å². The fraction of sp³-hybridized carbons (Fsp3) is 0. The molecule has 0 aliphatic rings. The zero-order valence-electron chi connectivity index (χ0n) is 2.83. The maximum atomic E-state index is 8.93. The minimum Gasteiger partial charge on any atom is -0.419 e. The SMILES string of the molecule is C=C[C-]=O.[Ni].[Ni]. The van der Waals surface area contributed by atoms with Gasteiger partial charge >= 0.3 is 0 Å². The number of hydrogen-bond donors (Lipinski definition) is 0. The van der Waals surface area contributed by atoms with Crippen LogP contribution in [-0.2, 0) is 37.8 Å². The fourth-order valence-corrected chi connectivity index (χ4v) is 0. The first kappa shape index (κ1) is 16.1. The van der Waals surface area contributed by atoms with Gasteiger partial charge in [-0.1, -0.05) is 0 Å². The van der Waals surface area contributed by atoms with Crippen molar-refractivity contribution in [3.05, 3.63) is 12.7 Å². The van der Waals surface area contributed by atoms with Crippen LogP contribution in [0.3, 0.4) is 0 Å². The predicted molar refractivity (Wildman–Crippen MR) is 15.9 cm³/mol. The fourth-order valence-electron chi connectivity index (χ4n) is 0. The van der Waals surface area contributed by atoms with Crippen LogP contribution in [0, 0.1) is 0 Å². The van der Waals surface area contributed by atoms with Crippen molar-refractivity contribution in [2.24, 2.45) is 0 Å². The molecule has 0 saturated heterocycles. The minimum absolute atomic E-state index is 0. The monoisotopic (exact) mass is 171 g/mol. The standard InChI is InChI=1S/C3H3O.2Ni/c1-2-3-4;;/h2H,1H2;;/q-1;;. The van der Waals surface area contributed by atoms with Gasteiger partial charge in [-0.3, -0.25) is 0 Å². The van der Waals surface area contributed by atoms with E-state index >= 15 is 0 Å². The van der Waals surface area contributed by atoms with Crippen molar-refractivity contribution in [1.82, 2.24) is 0 Å². The maximum absolute atomic E-state index is 8.93. The molecular formula is C3H3Ni2O-. The van der Waals surface area contributed by atoms with Crippen molar-refractivity contribution >= 4 is 6.29 Å². The molecule has 0 amide bonds. The third-order valence-corrected chi connectivity index (χ3v) is 0.0833. The Morgan fingerprint density at radius 3 is 1.67 bits per heavy atom. The van der Waals surface area contributed by atoms with E-state index in [1.165, 1.54) is 6.29 Å². The van der Waals surface area contributed by atoms with Gasteiger partial charge in [-0.25, -0.2) is 12.7 Å². The molecule has 0 N–H and O–H groups in total. The first-order chi connectivity index (χ1) is 1.91. The second kappa shape index (κ2) is 18.2. The molecule has 0 bridgehead atoms. The molecule has 0 saturated carbocycles.